The Labute approximate surface area is 243 Å². The average molecular weight is 602 g/mol. The van der Waals surface area contributed by atoms with Crippen LogP contribution in [-0.4, -0.2) is 76.0 Å². The number of anilines is 2. The van der Waals surface area contributed by atoms with E-state index in [2.05, 4.69) is 26.5 Å². The predicted molar refractivity (Wildman–Crippen MR) is 154 cm³/mol. The highest BCUT2D eigenvalue weighted by Gasteiger charge is 2.33. The van der Waals surface area contributed by atoms with Crippen LogP contribution >= 0.6 is 0 Å². The van der Waals surface area contributed by atoms with Gasteiger partial charge in [0, 0.05) is 67.5 Å². The van der Waals surface area contributed by atoms with Crippen molar-refractivity contribution in [1.82, 2.24) is 9.88 Å². The minimum absolute atomic E-state index is 0.0345. The second-order valence-electron chi connectivity index (χ2n) is 10.6. The highest BCUT2D eigenvalue weighted by atomic mass is 32.2. The number of halogens is 2. The molecule has 1 saturated carbocycles. The molecule has 0 bridgehead atoms. The van der Waals surface area contributed by atoms with E-state index in [1.165, 1.54) is 31.5 Å². The maximum atomic E-state index is 14.1. The molecule has 1 atom stereocenters. The van der Waals surface area contributed by atoms with Crippen molar-refractivity contribution in [2.45, 2.75) is 49.8 Å². The van der Waals surface area contributed by atoms with Gasteiger partial charge < -0.3 is 20.2 Å². The van der Waals surface area contributed by atoms with Gasteiger partial charge in [-0.05, 0) is 49.9 Å². The van der Waals surface area contributed by atoms with Gasteiger partial charge in [0.05, 0.1) is 15.3 Å². The fourth-order valence-electron chi connectivity index (χ4n) is 4.46. The van der Waals surface area contributed by atoms with E-state index >= 15 is 0 Å². The molecular formula is C29H33F2N5O5S. The zero-order chi connectivity index (χ0) is 30.7. The molecule has 0 spiro atoms. The Bertz CT molecular complexity index is 1590. The SMILES string of the molecule is Cc1c(C#CC2CC2)cnc(N2CCCC(F)(F)CC2)c1C(=O)Nc1cccc(S(C)(=O)=NC(=O)CN(C)C(=O)O)c1. The first kappa shape index (κ1) is 30.9. The molecule has 10 nitrogen and oxygen atoms in total. The van der Waals surface area contributed by atoms with Gasteiger partial charge in [0.15, 0.2) is 0 Å². The summed E-state index contributed by atoms with van der Waals surface area (Å²) in [5, 5.41) is 11.8. The first-order chi connectivity index (χ1) is 19.8. The van der Waals surface area contributed by atoms with Crippen molar-refractivity contribution in [3.05, 3.63) is 47.2 Å². The number of pyridine rings is 1. The molecule has 2 N–H and O–H groups in total. The van der Waals surface area contributed by atoms with Crippen LogP contribution in [0.5, 0.6) is 0 Å². The van der Waals surface area contributed by atoms with E-state index in [9.17, 15) is 27.4 Å². The van der Waals surface area contributed by atoms with Crippen LogP contribution in [0.4, 0.5) is 25.1 Å². The van der Waals surface area contributed by atoms with Gasteiger partial charge in [-0.2, -0.15) is 4.36 Å². The maximum absolute atomic E-state index is 14.1. The molecule has 13 heteroatoms. The zero-order valence-corrected chi connectivity index (χ0v) is 24.5. The normalized spacial score (nSPS) is 17.6. The van der Waals surface area contributed by atoms with E-state index < -0.39 is 40.1 Å². The standard InChI is InChI=1S/C29H33F2N5O5S/c1-19-21(11-10-20-8-9-20)17-32-26(36-14-5-12-29(30,31)13-15-36)25(19)27(38)33-22-6-4-7-23(16-22)42(3,41)34-24(37)18-35(2)28(39)40/h4,6-7,16-17,20H,5,8-9,12-15,18H2,1-3H3,(H,33,38)(H,39,40). The number of hydrogen-bond acceptors (Lipinski definition) is 6. The van der Waals surface area contributed by atoms with Crippen LogP contribution in [0.3, 0.4) is 0 Å². The van der Waals surface area contributed by atoms with Gasteiger partial charge in [0.2, 0.25) is 5.92 Å². The summed E-state index contributed by atoms with van der Waals surface area (Å²) >= 11 is 0. The van der Waals surface area contributed by atoms with E-state index in [-0.39, 0.29) is 42.0 Å². The molecule has 1 unspecified atom stereocenters. The number of likely N-dealkylation sites (N-methyl/N-ethyl adjacent to an activating group) is 1. The third kappa shape index (κ3) is 7.82. The third-order valence-corrected chi connectivity index (χ3v) is 8.74. The van der Waals surface area contributed by atoms with Gasteiger partial charge in [-0.15, -0.1) is 0 Å². The van der Waals surface area contributed by atoms with Gasteiger partial charge in [0.25, 0.3) is 11.8 Å². The third-order valence-electron chi connectivity index (χ3n) is 7.06. The Hall–Kier alpha value is -4.05. The molecule has 0 radical (unpaired) electrons. The predicted octanol–water partition coefficient (Wildman–Crippen LogP) is 4.62. The van der Waals surface area contributed by atoms with Crippen molar-refractivity contribution < 1.29 is 32.5 Å². The zero-order valence-electron chi connectivity index (χ0n) is 23.7. The maximum Gasteiger partial charge on any atom is 0.407 e. The molecule has 42 heavy (non-hydrogen) atoms. The Morgan fingerprint density at radius 2 is 2.00 bits per heavy atom. The van der Waals surface area contributed by atoms with Crippen molar-refractivity contribution in [3.63, 3.8) is 0 Å². The fourth-order valence-corrected chi connectivity index (χ4v) is 5.69. The summed E-state index contributed by atoms with van der Waals surface area (Å²) in [7, 11) is -2.08. The number of amides is 3. The van der Waals surface area contributed by atoms with Crippen LogP contribution in [0, 0.1) is 24.7 Å². The molecule has 1 aromatic carbocycles. The van der Waals surface area contributed by atoms with Crippen molar-refractivity contribution in [3.8, 4) is 11.8 Å². The van der Waals surface area contributed by atoms with Crippen LogP contribution < -0.4 is 10.2 Å². The number of rotatable bonds is 6. The number of hydrogen-bond donors (Lipinski definition) is 2. The summed E-state index contributed by atoms with van der Waals surface area (Å²) in [6.45, 7) is 1.54. The lowest BCUT2D eigenvalue weighted by Crippen LogP contribution is -2.30. The van der Waals surface area contributed by atoms with Gasteiger partial charge in [-0.25, -0.2) is 22.8 Å². The summed E-state index contributed by atoms with van der Waals surface area (Å²) in [5.41, 5.74) is 1.62. The number of aromatic nitrogens is 1. The molecule has 1 aromatic heterocycles. The van der Waals surface area contributed by atoms with Crippen LogP contribution in [0.25, 0.3) is 0 Å². The van der Waals surface area contributed by atoms with Crippen LogP contribution in [0.15, 0.2) is 39.7 Å². The quantitative estimate of drug-likeness (QED) is 0.462. The van der Waals surface area contributed by atoms with Crippen LogP contribution in [-0.2, 0) is 14.5 Å². The fraction of sp³-hybridized carbons (Fsp3) is 0.448. The van der Waals surface area contributed by atoms with Crippen molar-refractivity contribution in [2.75, 3.05) is 43.2 Å². The van der Waals surface area contributed by atoms with Crippen molar-refractivity contribution >= 4 is 39.1 Å². The van der Waals surface area contributed by atoms with Gasteiger partial charge >= 0.3 is 6.09 Å². The first-order valence-electron chi connectivity index (χ1n) is 13.5. The lowest BCUT2D eigenvalue weighted by Gasteiger charge is -2.25. The van der Waals surface area contributed by atoms with Gasteiger partial charge in [0.1, 0.15) is 12.4 Å². The van der Waals surface area contributed by atoms with E-state index in [0.29, 0.717) is 29.4 Å². The average Bonchev–Trinajstić information content (AvgIpc) is 3.75. The topological polar surface area (TPSA) is 132 Å². The number of carboxylic acid groups (broad SMARTS) is 1. The highest BCUT2D eigenvalue weighted by molar-refractivity contribution is 7.93. The summed E-state index contributed by atoms with van der Waals surface area (Å²) in [6, 6.07) is 6.02. The summed E-state index contributed by atoms with van der Waals surface area (Å²) in [5.74, 6) is 2.68. The molecule has 1 aliphatic carbocycles. The summed E-state index contributed by atoms with van der Waals surface area (Å²) in [4.78, 5) is 44.1. The lowest BCUT2D eigenvalue weighted by atomic mass is 10.0. The molecular weight excluding hydrogens is 568 g/mol. The highest BCUT2D eigenvalue weighted by Crippen LogP contribution is 2.33. The van der Waals surface area contributed by atoms with E-state index in [0.717, 1.165) is 17.7 Å². The monoisotopic (exact) mass is 601 g/mol. The second kappa shape index (κ2) is 12.4. The number of carbonyl (C=O) groups excluding carboxylic acids is 2. The minimum Gasteiger partial charge on any atom is -0.465 e. The lowest BCUT2D eigenvalue weighted by molar-refractivity contribution is -0.118. The number of nitrogens with one attached hydrogen (secondary N) is 1. The largest absolute Gasteiger partial charge is 0.465 e. The van der Waals surface area contributed by atoms with Crippen LogP contribution in [0.1, 0.15) is 53.6 Å². The molecule has 1 saturated heterocycles. The molecule has 3 amide bonds. The Morgan fingerprint density at radius 3 is 2.69 bits per heavy atom. The second-order valence-corrected chi connectivity index (χ2v) is 12.9. The number of nitrogens with zero attached hydrogens (tertiary/aromatic N) is 4. The van der Waals surface area contributed by atoms with Crippen molar-refractivity contribution in [2.24, 2.45) is 10.3 Å². The molecule has 1 aliphatic heterocycles. The Morgan fingerprint density at radius 1 is 1.26 bits per heavy atom. The number of benzene rings is 1. The van der Waals surface area contributed by atoms with Gasteiger partial charge in [-0.3, -0.25) is 9.59 Å². The van der Waals surface area contributed by atoms with Crippen LogP contribution in [0.2, 0.25) is 0 Å². The Kier molecular flexibility index (Phi) is 9.15. The smallest absolute Gasteiger partial charge is 0.407 e. The first-order valence-corrected chi connectivity index (χ1v) is 15.4. The molecule has 2 fully saturated rings. The Balaban J connectivity index is 1.65. The number of alkyl halides is 2. The van der Waals surface area contributed by atoms with Crippen molar-refractivity contribution in [1.29, 1.82) is 0 Å². The molecule has 2 aliphatic rings. The van der Waals surface area contributed by atoms with E-state index in [1.807, 2.05) is 0 Å². The van der Waals surface area contributed by atoms with E-state index in [1.54, 1.807) is 24.1 Å². The molecule has 2 heterocycles. The summed E-state index contributed by atoms with van der Waals surface area (Å²) < 4.78 is 45.2. The van der Waals surface area contributed by atoms with E-state index in [4.69, 9.17) is 5.11 Å². The number of carbonyl (C=O) groups is 3. The minimum atomic E-state index is -3.27. The molecule has 224 valence electrons. The molecule has 2 aromatic rings. The summed E-state index contributed by atoms with van der Waals surface area (Å²) in [6.07, 6.45) is 3.20. The van der Waals surface area contributed by atoms with Gasteiger partial charge in [-0.1, -0.05) is 17.9 Å². The molecule has 4 rings (SSSR count).